The summed E-state index contributed by atoms with van der Waals surface area (Å²) in [6.07, 6.45) is -0.761. The van der Waals surface area contributed by atoms with Gasteiger partial charge in [-0.25, -0.2) is 9.78 Å². The van der Waals surface area contributed by atoms with Crippen molar-refractivity contribution in [3.05, 3.63) is 24.3 Å². The molecule has 2 amide bonds. The number of rotatable bonds is 4. The van der Waals surface area contributed by atoms with Crippen molar-refractivity contribution in [1.82, 2.24) is 25.5 Å². The number of hydrogen-bond donors (Lipinski definition) is 2. The van der Waals surface area contributed by atoms with Crippen molar-refractivity contribution >= 4 is 45.8 Å². The summed E-state index contributed by atoms with van der Waals surface area (Å²) in [5, 5.41) is 11.6. The first-order valence-electron chi connectivity index (χ1n) is 6.88. The minimum absolute atomic E-state index is 0.00771. The van der Waals surface area contributed by atoms with Crippen LogP contribution in [0, 0.1) is 0 Å². The average Bonchev–Trinajstić information content (AvgIpc) is 2.90. The highest BCUT2D eigenvalue weighted by Gasteiger charge is 2.12. The van der Waals surface area contributed by atoms with Gasteiger partial charge in [0.2, 0.25) is 11.1 Å². The summed E-state index contributed by atoms with van der Waals surface area (Å²) in [4.78, 5) is 30.2. The number of carbonyl (C=O) groups excluding carboxylic acids is 2. The van der Waals surface area contributed by atoms with Gasteiger partial charge in [-0.2, -0.15) is 0 Å². The van der Waals surface area contributed by atoms with Gasteiger partial charge in [0, 0.05) is 10.9 Å². The fraction of sp³-hybridized carbons (Fsp3) is 0.214. The molecular weight excluding hydrogens is 318 g/mol. The number of nitrogens with one attached hydrogen (secondary N) is 2. The number of alkyl carbamates (subject to hydrolysis) is 1. The van der Waals surface area contributed by atoms with Gasteiger partial charge in [-0.1, -0.05) is 30.0 Å². The Morgan fingerprint density at radius 3 is 2.96 bits per heavy atom. The van der Waals surface area contributed by atoms with Crippen molar-refractivity contribution in [2.24, 2.45) is 0 Å². The van der Waals surface area contributed by atoms with Crippen molar-refractivity contribution < 1.29 is 14.3 Å². The zero-order chi connectivity index (χ0) is 16.2. The molecule has 9 heteroatoms. The lowest BCUT2D eigenvalue weighted by molar-refractivity contribution is -0.117. The maximum Gasteiger partial charge on any atom is 0.413 e. The quantitative estimate of drug-likeness (QED) is 0.702. The Morgan fingerprint density at radius 2 is 2.13 bits per heavy atom. The van der Waals surface area contributed by atoms with Crippen LogP contribution >= 0.6 is 11.8 Å². The Morgan fingerprint density at radius 1 is 1.30 bits per heavy atom. The lowest BCUT2D eigenvalue weighted by Crippen LogP contribution is -2.32. The van der Waals surface area contributed by atoms with E-state index in [1.165, 1.54) is 0 Å². The third-order valence-corrected chi connectivity index (χ3v) is 3.79. The van der Waals surface area contributed by atoms with E-state index in [1.54, 1.807) is 6.92 Å². The first-order valence-corrected chi connectivity index (χ1v) is 7.86. The highest BCUT2D eigenvalue weighted by Crippen LogP contribution is 2.23. The van der Waals surface area contributed by atoms with Crippen LogP contribution in [0.3, 0.4) is 0 Å². The molecule has 2 heterocycles. The largest absolute Gasteiger partial charge is 0.450 e. The van der Waals surface area contributed by atoms with E-state index in [0.29, 0.717) is 16.3 Å². The molecule has 0 aliphatic carbocycles. The normalized spacial score (nSPS) is 10.8. The number of amides is 2. The second-order valence-electron chi connectivity index (χ2n) is 4.52. The van der Waals surface area contributed by atoms with Crippen LogP contribution < -0.4 is 5.32 Å². The molecule has 118 valence electrons. The molecule has 8 nitrogen and oxygen atoms in total. The Kier molecular flexibility index (Phi) is 4.38. The summed E-state index contributed by atoms with van der Waals surface area (Å²) in [7, 11) is 0. The fourth-order valence-electron chi connectivity index (χ4n) is 2.01. The summed E-state index contributed by atoms with van der Waals surface area (Å²) in [5.74, 6) is -0.486. The number of benzene rings is 1. The Labute approximate surface area is 135 Å². The molecule has 0 spiro atoms. The van der Waals surface area contributed by atoms with Gasteiger partial charge >= 0.3 is 6.09 Å². The molecule has 1 aromatic carbocycles. The molecule has 0 fully saturated rings. The van der Waals surface area contributed by atoms with Gasteiger partial charge in [0.05, 0.1) is 12.4 Å². The standard InChI is InChI=1S/C14H13N5O3S/c1-2-22-14(21)16-10(20)7-23-13-17-12-11(18-19-13)8-5-3-4-6-9(8)15-12/h3-6H,2,7H2,1H3,(H,15,17,19)(H,16,20,21). The number of ether oxygens (including phenoxy) is 1. The highest BCUT2D eigenvalue weighted by atomic mass is 32.2. The van der Waals surface area contributed by atoms with Crippen molar-refractivity contribution in [2.45, 2.75) is 12.1 Å². The molecule has 0 aliphatic rings. The van der Waals surface area contributed by atoms with Gasteiger partial charge < -0.3 is 9.72 Å². The molecule has 23 heavy (non-hydrogen) atoms. The van der Waals surface area contributed by atoms with Crippen LogP contribution in [0.15, 0.2) is 29.4 Å². The Hall–Kier alpha value is -2.68. The molecular formula is C14H13N5O3S. The lowest BCUT2D eigenvalue weighted by Gasteiger charge is -2.03. The second kappa shape index (κ2) is 6.61. The van der Waals surface area contributed by atoms with E-state index in [-0.39, 0.29) is 12.4 Å². The number of aromatic nitrogens is 4. The third-order valence-electron chi connectivity index (χ3n) is 2.95. The highest BCUT2D eigenvalue weighted by molar-refractivity contribution is 7.99. The predicted octanol–water partition coefficient (Wildman–Crippen LogP) is 1.87. The van der Waals surface area contributed by atoms with Crippen LogP contribution in [0.2, 0.25) is 0 Å². The molecule has 0 saturated carbocycles. The monoisotopic (exact) mass is 331 g/mol. The number of carbonyl (C=O) groups is 2. The fourth-order valence-corrected chi connectivity index (χ4v) is 2.60. The first-order chi connectivity index (χ1) is 11.2. The van der Waals surface area contributed by atoms with Crippen LogP contribution in [0.25, 0.3) is 22.1 Å². The third kappa shape index (κ3) is 3.39. The van der Waals surface area contributed by atoms with E-state index in [1.807, 2.05) is 24.3 Å². The van der Waals surface area contributed by atoms with Crippen LogP contribution in [0.1, 0.15) is 6.92 Å². The zero-order valence-electron chi connectivity index (χ0n) is 12.2. The van der Waals surface area contributed by atoms with Crippen LogP contribution in [-0.2, 0) is 9.53 Å². The summed E-state index contributed by atoms with van der Waals surface area (Å²) in [5.41, 5.74) is 2.21. The van der Waals surface area contributed by atoms with Gasteiger partial charge in [0.15, 0.2) is 5.65 Å². The molecule has 3 aromatic rings. The van der Waals surface area contributed by atoms with Gasteiger partial charge in [0.1, 0.15) is 5.52 Å². The number of nitrogens with zero attached hydrogens (tertiary/aromatic N) is 3. The number of imide groups is 1. The smallest absolute Gasteiger partial charge is 0.413 e. The van der Waals surface area contributed by atoms with Gasteiger partial charge in [-0.15, -0.1) is 10.2 Å². The number of hydrogen-bond acceptors (Lipinski definition) is 7. The van der Waals surface area contributed by atoms with Crippen LogP contribution in [0.5, 0.6) is 0 Å². The van der Waals surface area contributed by atoms with Crippen LogP contribution in [-0.4, -0.2) is 44.5 Å². The van der Waals surface area contributed by atoms with Crippen molar-refractivity contribution in [3.63, 3.8) is 0 Å². The molecule has 2 aromatic heterocycles. The number of H-pyrrole nitrogens is 1. The number of aromatic amines is 1. The average molecular weight is 331 g/mol. The Bertz CT molecular complexity index is 879. The van der Waals surface area contributed by atoms with Gasteiger partial charge in [-0.05, 0) is 13.0 Å². The Balaban J connectivity index is 1.70. The minimum Gasteiger partial charge on any atom is -0.450 e. The molecule has 0 saturated heterocycles. The van der Waals surface area contributed by atoms with E-state index >= 15 is 0 Å². The van der Waals surface area contributed by atoms with Crippen LogP contribution in [0.4, 0.5) is 4.79 Å². The van der Waals surface area contributed by atoms with Crippen molar-refractivity contribution in [1.29, 1.82) is 0 Å². The summed E-state index contributed by atoms with van der Waals surface area (Å²) >= 11 is 1.09. The molecule has 0 unspecified atom stereocenters. The van der Waals surface area contributed by atoms with Gasteiger partial charge in [-0.3, -0.25) is 10.1 Å². The number of para-hydroxylation sites is 1. The summed E-state index contributed by atoms with van der Waals surface area (Å²) in [6.45, 7) is 1.87. The second-order valence-corrected chi connectivity index (χ2v) is 5.46. The first kappa shape index (κ1) is 15.2. The molecule has 0 atom stereocenters. The van der Waals surface area contributed by atoms with Gasteiger partial charge in [0.25, 0.3) is 0 Å². The molecule has 0 radical (unpaired) electrons. The number of fused-ring (bicyclic) bond motifs is 3. The molecule has 3 rings (SSSR count). The van der Waals surface area contributed by atoms with E-state index in [4.69, 9.17) is 0 Å². The SMILES string of the molecule is CCOC(=O)NC(=O)CSc1nnc2c(n1)[nH]c1ccccc12. The number of thioether (sulfide) groups is 1. The van der Waals surface area contributed by atoms with E-state index < -0.39 is 12.0 Å². The zero-order valence-corrected chi connectivity index (χ0v) is 13.0. The van der Waals surface area contributed by atoms with Crippen molar-refractivity contribution in [2.75, 3.05) is 12.4 Å². The lowest BCUT2D eigenvalue weighted by atomic mass is 10.2. The maximum absolute atomic E-state index is 11.6. The molecule has 0 bridgehead atoms. The molecule has 0 aliphatic heterocycles. The maximum atomic E-state index is 11.6. The topological polar surface area (TPSA) is 110 Å². The summed E-state index contributed by atoms with van der Waals surface area (Å²) < 4.78 is 4.63. The van der Waals surface area contributed by atoms with E-state index in [2.05, 4.69) is 30.2 Å². The predicted molar refractivity (Wildman–Crippen MR) is 85.1 cm³/mol. The van der Waals surface area contributed by atoms with E-state index in [0.717, 1.165) is 22.7 Å². The summed E-state index contributed by atoms with van der Waals surface area (Å²) in [6, 6.07) is 7.70. The molecule has 2 N–H and O–H groups in total. The van der Waals surface area contributed by atoms with Crippen molar-refractivity contribution in [3.8, 4) is 0 Å². The minimum atomic E-state index is -0.761. The van der Waals surface area contributed by atoms with E-state index in [9.17, 15) is 9.59 Å².